The van der Waals surface area contributed by atoms with Crippen LogP contribution in [-0.2, 0) is 11.3 Å². The highest BCUT2D eigenvalue weighted by atomic mass is 127. The SMILES string of the molecule is COCc1ccccc1NC(N)=NC1CC1c1ccccc1OC(F)(F)F.I. The first kappa shape index (κ1) is 22.3. The van der Waals surface area contributed by atoms with Crippen LogP contribution in [0.3, 0.4) is 0 Å². The van der Waals surface area contributed by atoms with Crippen LogP contribution >= 0.6 is 24.0 Å². The summed E-state index contributed by atoms with van der Waals surface area (Å²) in [5, 5.41) is 3.03. The number of aliphatic imine (C=N–C) groups is 1. The highest BCUT2D eigenvalue weighted by molar-refractivity contribution is 14.0. The molecule has 0 aromatic heterocycles. The van der Waals surface area contributed by atoms with E-state index in [-0.39, 0.29) is 47.6 Å². The van der Waals surface area contributed by atoms with Crippen molar-refractivity contribution in [2.45, 2.75) is 31.3 Å². The summed E-state index contributed by atoms with van der Waals surface area (Å²) >= 11 is 0. The normalized spacial score (nSPS) is 18.9. The molecule has 1 aliphatic carbocycles. The molecule has 152 valence electrons. The molecular formula is C19H21F3IN3O2. The van der Waals surface area contributed by atoms with Gasteiger partial charge in [0.1, 0.15) is 5.75 Å². The molecular weight excluding hydrogens is 486 g/mol. The summed E-state index contributed by atoms with van der Waals surface area (Å²) in [6.45, 7) is 0.421. The van der Waals surface area contributed by atoms with E-state index in [1.54, 1.807) is 19.2 Å². The zero-order chi connectivity index (χ0) is 19.4. The van der Waals surface area contributed by atoms with Gasteiger partial charge in [-0.05, 0) is 24.1 Å². The minimum absolute atomic E-state index is 0. The predicted molar refractivity (Wildman–Crippen MR) is 112 cm³/mol. The van der Waals surface area contributed by atoms with Gasteiger partial charge in [-0.25, -0.2) is 4.99 Å². The summed E-state index contributed by atoms with van der Waals surface area (Å²) in [5.74, 6) is -0.136. The second-order valence-corrected chi connectivity index (χ2v) is 6.22. The summed E-state index contributed by atoms with van der Waals surface area (Å²) in [5.41, 5.74) is 8.16. The molecule has 28 heavy (non-hydrogen) atoms. The Balaban J connectivity index is 0.00000280. The number of hydrogen-bond acceptors (Lipinski definition) is 3. The highest BCUT2D eigenvalue weighted by Crippen LogP contribution is 2.47. The van der Waals surface area contributed by atoms with E-state index in [1.165, 1.54) is 12.1 Å². The van der Waals surface area contributed by atoms with Crippen LogP contribution in [0.1, 0.15) is 23.5 Å². The van der Waals surface area contributed by atoms with Crippen LogP contribution < -0.4 is 15.8 Å². The maximum atomic E-state index is 12.6. The molecule has 2 aromatic carbocycles. The molecule has 9 heteroatoms. The van der Waals surface area contributed by atoms with Crippen LogP contribution in [0, 0.1) is 0 Å². The van der Waals surface area contributed by atoms with Gasteiger partial charge in [-0.2, -0.15) is 0 Å². The highest BCUT2D eigenvalue weighted by Gasteiger charge is 2.42. The number of benzene rings is 2. The average Bonchev–Trinajstić information content (AvgIpc) is 3.34. The molecule has 3 rings (SSSR count). The Morgan fingerprint density at radius 2 is 1.86 bits per heavy atom. The van der Waals surface area contributed by atoms with Gasteiger partial charge < -0.3 is 20.5 Å². The maximum Gasteiger partial charge on any atom is 0.573 e. The number of rotatable bonds is 6. The number of nitrogens with zero attached hydrogens (tertiary/aromatic N) is 1. The number of hydrogen-bond donors (Lipinski definition) is 2. The second-order valence-electron chi connectivity index (χ2n) is 6.22. The van der Waals surface area contributed by atoms with Crippen LogP contribution in [0.4, 0.5) is 18.9 Å². The van der Waals surface area contributed by atoms with Crippen molar-refractivity contribution in [1.29, 1.82) is 0 Å². The van der Waals surface area contributed by atoms with Crippen LogP contribution in [0.5, 0.6) is 5.75 Å². The molecule has 2 aromatic rings. The van der Waals surface area contributed by atoms with Crippen LogP contribution in [-0.4, -0.2) is 25.5 Å². The van der Waals surface area contributed by atoms with Gasteiger partial charge in [0.05, 0.1) is 12.6 Å². The molecule has 2 unspecified atom stereocenters. The summed E-state index contributed by atoms with van der Waals surface area (Å²) in [7, 11) is 1.60. The molecule has 5 nitrogen and oxygen atoms in total. The van der Waals surface area contributed by atoms with Gasteiger partial charge in [0.2, 0.25) is 0 Å². The quantitative estimate of drug-likeness (QED) is 0.340. The smallest absolute Gasteiger partial charge is 0.405 e. The van der Waals surface area contributed by atoms with Crippen molar-refractivity contribution < 1.29 is 22.6 Å². The number of methoxy groups -OCH3 is 1. The Morgan fingerprint density at radius 1 is 1.18 bits per heavy atom. The number of ether oxygens (including phenoxy) is 2. The lowest BCUT2D eigenvalue weighted by Gasteiger charge is -2.13. The van der Waals surface area contributed by atoms with Crippen molar-refractivity contribution in [2.75, 3.05) is 12.4 Å². The second kappa shape index (κ2) is 9.46. The van der Waals surface area contributed by atoms with Gasteiger partial charge in [0.25, 0.3) is 0 Å². The molecule has 1 fully saturated rings. The van der Waals surface area contributed by atoms with E-state index in [4.69, 9.17) is 10.5 Å². The Hall–Kier alpha value is -2.01. The fourth-order valence-corrected chi connectivity index (χ4v) is 2.94. The molecule has 0 heterocycles. The van der Waals surface area contributed by atoms with E-state index >= 15 is 0 Å². The lowest BCUT2D eigenvalue weighted by molar-refractivity contribution is -0.274. The van der Waals surface area contributed by atoms with Gasteiger partial charge in [-0.3, -0.25) is 0 Å². The van der Waals surface area contributed by atoms with Gasteiger partial charge in [0, 0.05) is 24.3 Å². The van der Waals surface area contributed by atoms with Crippen molar-refractivity contribution in [3.63, 3.8) is 0 Å². The number of anilines is 1. The summed E-state index contributed by atoms with van der Waals surface area (Å²) in [4.78, 5) is 4.39. The largest absolute Gasteiger partial charge is 0.573 e. The predicted octanol–water partition coefficient (Wildman–Crippen LogP) is 4.63. The van der Waals surface area contributed by atoms with Crippen molar-refractivity contribution in [1.82, 2.24) is 0 Å². The third kappa shape index (κ3) is 5.99. The van der Waals surface area contributed by atoms with Gasteiger partial charge in [-0.1, -0.05) is 36.4 Å². The number of para-hydroxylation sites is 2. The molecule has 0 aliphatic heterocycles. The summed E-state index contributed by atoms with van der Waals surface area (Å²) in [6.07, 6.45) is -4.12. The third-order valence-electron chi connectivity index (χ3n) is 4.19. The molecule has 3 N–H and O–H groups in total. The monoisotopic (exact) mass is 507 g/mol. The van der Waals surface area contributed by atoms with Gasteiger partial charge in [-0.15, -0.1) is 37.1 Å². The number of alkyl halides is 3. The minimum atomic E-state index is -4.73. The Bertz CT molecular complexity index is 830. The van der Waals surface area contributed by atoms with Crippen LogP contribution in [0.25, 0.3) is 0 Å². The number of nitrogens with one attached hydrogen (secondary N) is 1. The fraction of sp³-hybridized carbons (Fsp3) is 0.316. The molecule has 0 amide bonds. The first-order valence-electron chi connectivity index (χ1n) is 8.39. The summed E-state index contributed by atoms with van der Waals surface area (Å²) < 4.78 is 47.0. The topological polar surface area (TPSA) is 68.9 Å². The number of halogens is 4. The van der Waals surface area contributed by atoms with E-state index in [0.29, 0.717) is 18.6 Å². The first-order chi connectivity index (χ1) is 12.9. The zero-order valence-corrected chi connectivity index (χ0v) is 17.4. The number of guanidine groups is 1. The summed E-state index contributed by atoms with van der Waals surface area (Å²) in [6, 6.07) is 13.4. The van der Waals surface area contributed by atoms with Crippen molar-refractivity contribution in [3.8, 4) is 5.75 Å². The van der Waals surface area contributed by atoms with Crippen LogP contribution in [0.15, 0.2) is 53.5 Å². The molecule has 0 bridgehead atoms. The minimum Gasteiger partial charge on any atom is -0.405 e. The lowest BCUT2D eigenvalue weighted by Crippen LogP contribution is -2.24. The maximum absolute atomic E-state index is 12.6. The number of nitrogens with two attached hydrogens (primary N) is 1. The lowest BCUT2D eigenvalue weighted by atomic mass is 10.1. The van der Waals surface area contributed by atoms with Crippen LogP contribution in [0.2, 0.25) is 0 Å². The zero-order valence-electron chi connectivity index (χ0n) is 15.1. The van der Waals surface area contributed by atoms with Crippen molar-refractivity contribution in [2.24, 2.45) is 10.7 Å². The van der Waals surface area contributed by atoms with Gasteiger partial charge in [0.15, 0.2) is 5.96 Å². The molecule has 0 radical (unpaired) electrons. The first-order valence-corrected chi connectivity index (χ1v) is 8.39. The molecule has 2 atom stereocenters. The van der Waals surface area contributed by atoms with Gasteiger partial charge >= 0.3 is 6.36 Å². The Kier molecular flexibility index (Phi) is 7.53. The van der Waals surface area contributed by atoms with E-state index in [9.17, 15) is 13.2 Å². The van der Waals surface area contributed by atoms with Crippen molar-refractivity contribution in [3.05, 3.63) is 59.7 Å². The van der Waals surface area contributed by atoms with E-state index in [1.807, 2.05) is 24.3 Å². The molecule has 0 spiro atoms. The molecule has 0 saturated heterocycles. The van der Waals surface area contributed by atoms with E-state index in [2.05, 4.69) is 15.0 Å². The Labute approximate surface area is 178 Å². The van der Waals surface area contributed by atoms with E-state index < -0.39 is 6.36 Å². The molecule has 1 aliphatic rings. The van der Waals surface area contributed by atoms with E-state index in [0.717, 1.165) is 11.3 Å². The fourth-order valence-electron chi connectivity index (χ4n) is 2.94. The standard InChI is InChI=1S/C19H20F3N3O2.HI/c1-26-11-12-6-2-4-8-15(12)24-18(23)25-16-10-14(16)13-7-3-5-9-17(13)27-19(20,21)22;/h2-9,14,16H,10-11H2,1H3,(H3,23,24,25);1H. The Morgan fingerprint density at radius 3 is 2.57 bits per heavy atom. The third-order valence-corrected chi connectivity index (χ3v) is 4.19. The molecule has 1 saturated carbocycles. The van der Waals surface area contributed by atoms with Crippen molar-refractivity contribution >= 4 is 35.6 Å². The average molecular weight is 507 g/mol.